The van der Waals surface area contributed by atoms with Gasteiger partial charge in [-0.3, -0.25) is 14.9 Å². The number of hydrogen-bond acceptors (Lipinski definition) is 5. The monoisotopic (exact) mass is 322 g/mol. The Morgan fingerprint density at radius 2 is 2.00 bits per heavy atom. The van der Waals surface area contributed by atoms with Gasteiger partial charge < -0.3 is 14.7 Å². The number of ether oxygens (including phenoxy) is 1. The first-order valence-electron chi connectivity index (χ1n) is 7.13. The molecule has 1 fully saturated rings. The van der Waals surface area contributed by atoms with Gasteiger partial charge in [-0.1, -0.05) is 0 Å². The Kier molecular flexibility index (Phi) is 4.65. The number of nitro groups is 1. The van der Waals surface area contributed by atoms with Crippen molar-refractivity contribution < 1.29 is 24.4 Å². The van der Waals surface area contributed by atoms with Crippen LogP contribution in [0.25, 0.3) is 0 Å². The number of aliphatic carboxylic acids is 1. The largest absolute Gasteiger partial charge is 0.479 e. The zero-order valence-electron chi connectivity index (χ0n) is 13.2. The fraction of sp³-hybridized carbons (Fsp3) is 0.467. The molecule has 23 heavy (non-hydrogen) atoms. The Balaban J connectivity index is 2.41. The lowest BCUT2D eigenvalue weighted by atomic mass is 9.96. The number of nitrogens with zero attached hydrogens (tertiary/aromatic N) is 2. The van der Waals surface area contributed by atoms with Gasteiger partial charge in [0.25, 0.3) is 11.6 Å². The molecular weight excluding hydrogens is 304 g/mol. The molecule has 0 bridgehead atoms. The Bertz CT molecular complexity index is 685. The highest BCUT2D eigenvalue weighted by Gasteiger charge is 2.32. The van der Waals surface area contributed by atoms with Gasteiger partial charge in [0.2, 0.25) is 0 Å². The van der Waals surface area contributed by atoms with Gasteiger partial charge in [-0.2, -0.15) is 0 Å². The lowest BCUT2D eigenvalue weighted by molar-refractivity contribution is -0.386. The summed E-state index contributed by atoms with van der Waals surface area (Å²) < 4.78 is 5.10. The number of carbonyl (C=O) groups is 2. The highest BCUT2D eigenvalue weighted by Crippen LogP contribution is 2.30. The van der Waals surface area contributed by atoms with E-state index in [4.69, 9.17) is 9.84 Å². The third-order valence-electron chi connectivity index (χ3n) is 3.96. The Hall–Kier alpha value is -2.48. The van der Waals surface area contributed by atoms with Gasteiger partial charge in [-0.25, -0.2) is 4.79 Å². The van der Waals surface area contributed by atoms with Crippen molar-refractivity contribution in [1.82, 2.24) is 4.90 Å². The second-order valence-electron chi connectivity index (χ2n) is 5.56. The third-order valence-corrected chi connectivity index (χ3v) is 3.96. The minimum absolute atomic E-state index is 0.0747. The quantitative estimate of drug-likeness (QED) is 0.666. The number of amides is 1. The van der Waals surface area contributed by atoms with Crippen molar-refractivity contribution in [3.05, 3.63) is 38.4 Å². The van der Waals surface area contributed by atoms with Crippen LogP contribution in [0.4, 0.5) is 5.69 Å². The smallest absolute Gasteiger partial charge is 0.334 e. The second kappa shape index (κ2) is 6.33. The van der Waals surface area contributed by atoms with E-state index in [0.29, 0.717) is 16.7 Å². The van der Waals surface area contributed by atoms with Gasteiger partial charge in [0.15, 0.2) is 6.10 Å². The minimum Gasteiger partial charge on any atom is -0.479 e. The summed E-state index contributed by atoms with van der Waals surface area (Å²) in [6.45, 7) is 5.18. The van der Waals surface area contributed by atoms with E-state index in [1.54, 1.807) is 26.8 Å². The van der Waals surface area contributed by atoms with Crippen LogP contribution in [0.2, 0.25) is 0 Å². The van der Waals surface area contributed by atoms with E-state index < -0.39 is 22.9 Å². The van der Waals surface area contributed by atoms with E-state index in [0.717, 1.165) is 0 Å². The molecule has 0 aliphatic carbocycles. The van der Waals surface area contributed by atoms with Crippen LogP contribution in [0.1, 0.15) is 27.0 Å². The van der Waals surface area contributed by atoms with Gasteiger partial charge in [0.05, 0.1) is 23.6 Å². The van der Waals surface area contributed by atoms with E-state index in [1.165, 1.54) is 4.90 Å². The predicted molar refractivity (Wildman–Crippen MR) is 80.6 cm³/mol. The first-order chi connectivity index (χ1) is 10.7. The number of nitro benzene ring substituents is 1. The summed E-state index contributed by atoms with van der Waals surface area (Å²) in [5.41, 5.74) is 1.60. The fourth-order valence-electron chi connectivity index (χ4n) is 2.93. The number of benzene rings is 1. The standard InChI is InChI=1S/C15H18N2O6/c1-8-6-9(2)13(17(21)22)10(3)12(8)14(18)16-4-5-23-11(7-16)15(19)20/h6,11H,4-5,7H2,1-3H3,(H,19,20). The summed E-state index contributed by atoms with van der Waals surface area (Å²) >= 11 is 0. The number of morpholine rings is 1. The van der Waals surface area contributed by atoms with Gasteiger partial charge in [-0.15, -0.1) is 0 Å². The van der Waals surface area contributed by atoms with Crippen LogP contribution in [0.15, 0.2) is 6.07 Å². The van der Waals surface area contributed by atoms with Crippen molar-refractivity contribution in [3.8, 4) is 0 Å². The molecule has 0 spiro atoms. The molecule has 1 N–H and O–H groups in total. The molecule has 124 valence electrons. The van der Waals surface area contributed by atoms with E-state index in [2.05, 4.69) is 0 Å². The highest BCUT2D eigenvalue weighted by molar-refractivity contribution is 5.98. The zero-order valence-corrected chi connectivity index (χ0v) is 13.2. The Morgan fingerprint density at radius 1 is 1.35 bits per heavy atom. The van der Waals surface area contributed by atoms with E-state index in [1.807, 2.05) is 0 Å². The normalized spacial score (nSPS) is 17.9. The number of rotatable bonds is 3. The van der Waals surface area contributed by atoms with Gasteiger partial charge in [0, 0.05) is 17.7 Å². The molecule has 8 nitrogen and oxygen atoms in total. The fourth-order valence-corrected chi connectivity index (χ4v) is 2.93. The van der Waals surface area contributed by atoms with Crippen molar-refractivity contribution in [2.24, 2.45) is 0 Å². The van der Waals surface area contributed by atoms with E-state index in [-0.39, 0.29) is 30.9 Å². The molecule has 0 radical (unpaired) electrons. The average molecular weight is 322 g/mol. The van der Waals surface area contributed by atoms with Crippen molar-refractivity contribution in [3.63, 3.8) is 0 Å². The summed E-state index contributed by atoms with van der Waals surface area (Å²) in [5.74, 6) is -1.54. The molecule has 1 aromatic rings. The zero-order chi connectivity index (χ0) is 17.3. The lowest BCUT2D eigenvalue weighted by Crippen LogP contribution is -2.48. The molecule has 1 atom stereocenters. The van der Waals surface area contributed by atoms with Crippen molar-refractivity contribution in [1.29, 1.82) is 0 Å². The van der Waals surface area contributed by atoms with E-state index in [9.17, 15) is 19.7 Å². The van der Waals surface area contributed by atoms with Gasteiger partial charge in [0.1, 0.15) is 0 Å². The Morgan fingerprint density at radius 3 is 2.57 bits per heavy atom. The molecule has 1 heterocycles. The van der Waals surface area contributed by atoms with Crippen LogP contribution >= 0.6 is 0 Å². The van der Waals surface area contributed by atoms with Crippen molar-refractivity contribution in [2.75, 3.05) is 19.7 Å². The number of carboxylic acid groups (broad SMARTS) is 1. The summed E-state index contributed by atoms with van der Waals surface area (Å²) in [4.78, 5) is 35.9. The maximum Gasteiger partial charge on any atom is 0.334 e. The predicted octanol–water partition coefficient (Wildman–Crippen LogP) is 1.45. The number of carboxylic acids is 1. The molecule has 8 heteroatoms. The van der Waals surface area contributed by atoms with Crippen molar-refractivity contribution in [2.45, 2.75) is 26.9 Å². The van der Waals surface area contributed by atoms with Crippen LogP contribution in [-0.2, 0) is 9.53 Å². The molecular formula is C15H18N2O6. The summed E-state index contributed by atoms with van der Waals surface area (Å²) in [7, 11) is 0. The number of aryl methyl sites for hydroxylation is 2. The number of carbonyl (C=O) groups excluding carboxylic acids is 1. The molecule has 0 aromatic heterocycles. The molecule has 1 aliphatic heterocycles. The molecule has 1 saturated heterocycles. The van der Waals surface area contributed by atoms with Crippen molar-refractivity contribution >= 4 is 17.6 Å². The average Bonchev–Trinajstić information content (AvgIpc) is 2.46. The number of hydrogen-bond donors (Lipinski definition) is 1. The summed E-state index contributed by atoms with van der Waals surface area (Å²) in [5, 5.41) is 20.2. The van der Waals surface area contributed by atoms with E-state index >= 15 is 0 Å². The molecule has 1 aromatic carbocycles. The van der Waals surface area contributed by atoms with Crippen LogP contribution < -0.4 is 0 Å². The maximum atomic E-state index is 12.8. The third kappa shape index (κ3) is 3.16. The lowest BCUT2D eigenvalue weighted by Gasteiger charge is -2.31. The molecule has 2 rings (SSSR count). The van der Waals surface area contributed by atoms with Gasteiger partial charge >= 0.3 is 5.97 Å². The van der Waals surface area contributed by atoms with Crippen LogP contribution in [0, 0.1) is 30.9 Å². The maximum absolute atomic E-state index is 12.8. The van der Waals surface area contributed by atoms with Crippen LogP contribution in [0.5, 0.6) is 0 Å². The second-order valence-corrected chi connectivity index (χ2v) is 5.56. The first kappa shape index (κ1) is 16.9. The topological polar surface area (TPSA) is 110 Å². The molecule has 1 amide bonds. The SMILES string of the molecule is Cc1cc(C)c([N+](=O)[O-])c(C)c1C(=O)N1CCOC(C(=O)O)C1. The summed E-state index contributed by atoms with van der Waals surface area (Å²) in [6, 6.07) is 1.60. The first-order valence-corrected chi connectivity index (χ1v) is 7.13. The Labute approximate surface area is 132 Å². The van der Waals surface area contributed by atoms with Gasteiger partial charge in [-0.05, 0) is 32.4 Å². The van der Waals surface area contributed by atoms with Crippen LogP contribution in [0.3, 0.4) is 0 Å². The molecule has 1 aliphatic rings. The minimum atomic E-state index is -1.13. The van der Waals surface area contributed by atoms with Crippen LogP contribution in [-0.4, -0.2) is 52.6 Å². The summed E-state index contributed by atoms with van der Waals surface area (Å²) in [6.07, 6.45) is -1.08. The molecule has 0 saturated carbocycles. The highest BCUT2D eigenvalue weighted by atomic mass is 16.6. The molecule has 1 unspecified atom stereocenters.